The SMILES string of the molecule is CN(Cc1ccc2occc2c1)c1cc([N+](=O)[O-])cc(Br)n1. The van der Waals surface area contributed by atoms with Gasteiger partial charge in [-0.05, 0) is 39.7 Å². The maximum Gasteiger partial charge on any atom is 0.275 e. The van der Waals surface area contributed by atoms with Gasteiger partial charge in [-0.25, -0.2) is 4.98 Å². The Morgan fingerprint density at radius 1 is 1.32 bits per heavy atom. The van der Waals surface area contributed by atoms with Crippen molar-refractivity contribution in [1.29, 1.82) is 0 Å². The number of furan rings is 1. The van der Waals surface area contributed by atoms with Crippen LogP contribution in [-0.2, 0) is 6.54 Å². The van der Waals surface area contributed by atoms with E-state index in [0.717, 1.165) is 16.5 Å². The van der Waals surface area contributed by atoms with Gasteiger partial charge >= 0.3 is 0 Å². The summed E-state index contributed by atoms with van der Waals surface area (Å²) in [6, 6.07) is 10.7. The first-order chi connectivity index (χ1) is 10.5. The van der Waals surface area contributed by atoms with E-state index in [9.17, 15) is 10.1 Å². The molecule has 0 radical (unpaired) electrons. The number of rotatable bonds is 4. The highest BCUT2D eigenvalue weighted by Crippen LogP contribution is 2.24. The van der Waals surface area contributed by atoms with Crippen LogP contribution in [0.1, 0.15) is 5.56 Å². The molecule has 1 aromatic carbocycles. The zero-order chi connectivity index (χ0) is 15.7. The van der Waals surface area contributed by atoms with Crippen LogP contribution in [0.5, 0.6) is 0 Å². The van der Waals surface area contributed by atoms with Crippen LogP contribution < -0.4 is 4.90 Å². The zero-order valence-corrected chi connectivity index (χ0v) is 13.3. The number of halogens is 1. The molecule has 0 bridgehead atoms. The average molecular weight is 362 g/mol. The molecular weight excluding hydrogens is 350 g/mol. The maximum atomic E-state index is 10.9. The van der Waals surface area contributed by atoms with Crippen LogP contribution in [0.15, 0.2) is 51.7 Å². The van der Waals surface area contributed by atoms with Crippen LogP contribution in [-0.4, -0.2) is 17.0 Å². The lowest BCUT2D eigenvalue weighted by atomic mass is 10.1. The minimum absolute atomic E-state index is 0.00834. The van der Waals surface area contributed by atoms with Crippen LogP contribution in [0.3, 0.4) is 0 Å². The van der Waals surface area contributed by atoms with Gasteiger partial charge in [0.2, 0.25) is 0 Å². The average Bonchev–Trinajstić information content (AvgIpc) is 2.94. The molecule has 0 spiro atoms. The highest BCUT2D eigenvalue weighted by molar-refractivity contribution is 9.10. The molecule has 22 heavy (non-hydrogen) atoms. The Kier molecular flexibility index (Phi) is 3.81. The molecule has 0 amide bonds. The largest absolute Gasteiger partial charge is 0.464 e. The number of pyridine rings is 1. The summed E-state index contributed by atoms with van der Waals surface area (Å²) in [6.45, 7) is 0.585. The molecule has 2 aromatic heterocycles. The van der Waals surface area contributed by atoms with E-state index in [0.29, 0.717) is 17.0 Å². The fourth-order valence-electron chi connectivity index (χ4n) is 2.24. The maximum absolute atomic E-state index is 10.9. The number of benzene rings is 1. The van der Waals surface area contributed by atoms with E-state index in [4.69, 9.17) is 4.42 Å². The highest BCUT2D eigenvalue weighted by atomic mass is 79.9. The van der Waals surface area contributed by atoms with Gasteiger partial charge in [-0.3, -0.25) is 10.1 Å². The van der Waals surface area contributed by atoms with Crippen molar-refractivity contribution >= 4 is 38.4 Å². The summed E-state index contributed by atoms with van der Waals surface area (Å²) >= 11 is 3.21. The number of hydrogen-bond donors (Lipinski definition) is 0. The minimum atomic E-state index is -0.429. The molecule has 0 aliphatic heterocycles. The fraction of sp³-hybridized carbons (Fsp3) is 0.133. The molecule has 6 nitrogen and oxygen atoms in total. The summed E-state index contributed by atoms with van der Waals surface area (Å²) in [5.74, 6) is 0.536. The van der Waals surface area contributed by atoms with Crippen molar-refractivity contribution in [1.82, 2.24) is 4.98 Å². The van der Waals surface area contributed by atoms with Crippen molar-refractivity contribution in [2.24, 2.45) is 0 Å². The van der Waals surface area contributed by atoms with Crippen molar-refractivity contribution in [3.63, 3.8) is 0 Å². The molecule has 0 unspecified atom stereocenters. The van der Waals surface area contributed by atoms with E-state index in [1.54, 1.807) is 6.26 Å². The highest BCUT2D eigenvalue weighted by Gasteiger charge is 2.13. The Balaban J connectivity index is 1.87. The first-order valence-electron chi connectivity index (χ1n) is 6.52. The monoisotopic (exact) mass is 361 g/mol. The van der Waals surface area contributed by atoms with Crippen LogP contribution in [0, 0.1) is 10.1 Å². The molecule has 0 N–H and O–H groups in total. The summed E-state index contributed by atoms with van der Waals surface area (Å²) in [7, 11) is 1.85. The van der Waals surface area contributed by atoms with Crippen molar-refractivity contribution in [3.05, 3.63) is 62.9 Å². The third-order valence-electron chi connectivity index (χ3n) is 3.30. The van der Waals surface area contributed by atoms with Gasteiger partial charge in [0.25, 0.3) is 5.69 Å². The number of fused-ring (bicyclic) bond motifs is 1. The third kappa shape index (κ3) is 2.94. The lowest BCUT2D eigenvalue weighted by Crippen LogP contribution is -2.17. The standard InChI is InChI=1S/C15H12BrN3O3/c1-18(15-8-12(19(20)21)7-14(16)17-15)9-10-2-3-13-11(6-10)4-5-22-13/h2-8H,9H2,1H3. The minimum Gasteiger partial charge on any atom is -0.464 e. The third-order valence-corrected chi connectivity index (χ3v) is 3.71. The fourth-order valence-corrected chi connectivity index (χ4v) is 2.66. The Morgan fingerprint density at radius 2 is 2.14 bits per heavy atom. The Bertz CT molecular complexity index is 847. The molecule has 3 rings (SSSR count). The predicted molar refractivity (Wildman–Crippen MR) is 86.9 cm³/mol. The molecule has 112 valence electrons. The van der Waals surface area contributed by atoms with E-state index < -0.39 is 4.92 Å². The lowest BCUT2D eigenvalue weighted by molar-refractivity contribution is -0.384. The van der Waals surface area contributed by atoms with Crippen molar-refractivity contribution in [3.8, 4) is 0 Å². The first-order valence-corrected chi connectivity index (χ1v) is 7.31. The second kappa shape index (κ2) is 5.76. The van der Waals surface area contributed by atoms with Crippen molar-refractivity contribution in [2.45, 2.75) is 6.54 Å². The Morgan fingerprint density at radius 3 is 2.91 bits per heavy atom. The van der Waals surface area contributed by atoms with Crippen LogP contribution in [0.4, 0.5) is 11.5 Å². The predicted octanol–water partition coefficient (Wildman–Crippen LogP) is 4.13. The van der Waals surface area contributed by atoms with Crippen molar-refractivity contribution < 1.29 is 9.34 Å². The van der Waals surface area contributed by atoms with Gasteiger partial charge in [0, 0.05) is 25.0 Å². The summed E-state index contributed by atoms with van der Waals surface area (Å²) in [4.78, 5) is 16.6. The number of nitrogens with zero attached hydrogens (tertiary/aromatic N) is 3. The van der Waals surface area contributed by atoms with Crippen LogP contribution >= 0.6 is 15.9 Å². The quantitative estimate of drug-likeness (QED) is 0.396. The van der Waals surface area contributed by atoms with Gasteiger partial charge in [-0.2, -0.15) is 0 Å². The van der Waals surface area contributed by atoms with Gasteiger partial charge in [-0.15, -0.1) is 0 Å². The Hall–Kier alpha value is -2.41. The van der Waals surface area contributed by atoms with E-state index in [2.05, 4.69) is 20.9 Å². The van der Waals surface area contributed by atoms with Gasteiger partial charge in [0.05, 0.1) is 17.3 Å². The van der Waals surface area contributed by atoms with E-state index in [1.807, 2.05) is 36.2 Å². The van der Waals surface area contributed by atoms with Crippen LogP contribution in [0.25, 0.3) is 11.0 Å². The topological polar surface area (TPSA) is 72.4 Å². The molecule has 0 aliphatic carbocycles. The van der Waals surface area contributed by atoms with Crippen LogP contribution in [0.2, 0.25) is 0 Å². The second-order valence-corrected chi connectivity index (χ2v) is 5.72. The summed E-state index contributed by atoms with van der Waals surface area (Å²) in [5, 5.41) is 12.0. The molecule has 0 fully saturated rings. The van der Waals surface area contributed by atoms with E-state index in [-0.39, 0.29) is 5.69 Å². The summed E-state index contributed by atoms with van der Waals surface area (Å²) in [5.41, 5.74) is 1.91. The molecule has 0 atom stereocenters. The normalized spacial score (nSPS) is 10.8. The number of anilines is 1. The molecule has 7 heteroatoms. The Labute approximate surface area is 134 Å². The first kappa shape index (κ1) is 14.5. The van der Waals surface area contributed by atoms with Gasteiger partial charge in [0.15, 0.2) is 0 Å². The summed E-state index contributed by atoms with van der Waals surface area (Å²) < 4.78 is 5.75. The lowest BCUT2D eigenvalue weighted by Gasteiger charge is -2.18. The number of nitro groups is 1. The zero-order valence-electron chi connectivity index (χ0n) is 11.7. The molecular formula is C15H12BrN3O3. The van der Waals surface area contributed by atoms with Crippen molar-refractivity contribution in [2.75, 3.05) is 11.9 Å². The molecule has 0 aliphatic rings. The molecule has 2 heterocycles. The van der Waals surface area contributed by atoms with E-state index in [1.165, 1.54) is 12.1 Å². The van der Waals surface area contributed by atoms with Gasteiger partial charge in [0.1, 0.15) is 16.0 Å². The van der Waals surface area contributed by atoms with Gasteiger partial charge in [-0.1, -0.05) is 6.07 Å². The van der Waals surface area contributed by atoms with E-state index >= 15 is 0 Å². The summed E-state index contributed by atoms with van der Waals surface area (Å²) in [6.07, 6.45) is 1.65. The molecule has 0 saturated carbocycles. The van der Waals surface area contributed by atoms with Gasteiger partial charge < -0.3 is 9.32 Å². The number of aromatic nitrogens is 1. The smallest absolute Gasteiger partial charge is 0.275 e. The molecule has 3 aromatic rings. The number of hydrogen-bond acceptors (Lipinski definition) is 5. The molecule has 0 saturated heterocycles. The second-order valence-electron chi connectivity index (χ2n) is 4.91.